The Morgan fingerprint density at radius 1 is 1.20 bits per heavy atom. The third kappa shape index (κ3) is 4.49. The Bertz CT molecular complexity index is 1180. The number of nitrogens with one attached hydrogen (secondary N) is 1. The standard InChI is InChI=1S/C23H26ClN3O3/c1-13-10-11-14(2)18(12-13)27-20(15(3)25-22(29)30-23(4,5)6)26-17-9-7-8-16(24)19(17)21(27)28/h7-12,15H,1-6H3,(H,25,29)/t15-/m0/s1. The van der Waals surface area contributed by atoms with Crippen LogP contribution in [0.2, 0.25) is 5.02 Å². The Labute approximate surface area is 180 Å². The third-order valence-corrected chi connectivity index (χ3v) is 4.91. The van der Waals surface area contributed by atoms with Crippen LogP contribution < -0.4 is 10.9 Å². The zero-order chi connectivity index (χ0) is 22.2. The monoisotopic (exact) mass is 427 g/mol. The molecule has 30 heavy (non-hydrogen) atoms. The Hall–Kier alpha value is -2.86. The van der Waals surface area contributed by atoms with E-state index in [-0.39, 0.29) is 5.56 Å². The summed E-state index contributed by atoms with van der Waals surface area (Å²) in [6.07, 6.45) is -0.581. The molecular formula is C23H26ClN3O3. The van der Waals surface area contributed by atoms with Gasteiger partial charge in [0.15, 0.2) is 0 Å². The number of ether oxygens (including phenoxy) is 1. The van der Waals surface area contributed by atoms with Crippen molar-refractivity contribution in [1.82, 2.24) is 14.9 Å². The molecule has 1 atom stereocenters. The molecule has 0 bridgehead atoms. The van der Waals surface area contributed by atoms with E-state index in [0.29, 0.717) is 27.4 Å². The molecule has 0 spiro atoms. The van der Waals surface area contributed by atoms with Gasteiger partial charge in [-0.2, -0.15) is 0 Å². The summed E-state index contributed by atoms with van der Waals surface area (Å²) in [6, 6.07) is 10.4. The summed E-state index contributed by atoms with van der Waals surface area (Å²) in [7, 11) is 0. The van der Waals surface area contributed by atoms with E-state index in [1.54, 1.807) is 45.9 Å². The van der Waals surface area contributed by atoms with Gasteiger partial charge in [-0.25, -0.2) is 9.78 Å². The van der Waals surface area contributed by atoms with E-state index in [1.807, 2.05) is 32.0 Å². The summed E-state index contributed by atoms with van der Waals surface area (Å²) in [5, 5.41) is 3.46. The number of aryl methyl sites for hydroxylation is 2. The number of halogens is 1. The number of carbonyl (C=O) groups excluding carboxylic acids is 1. The molecule has 1 heterocycles. The van der Waals surface area contributed by atoms with Gasteiger partial charge in [-0.15, -0.1) is 0 Å². The van der Waals surface area contributed by atoms with Crippen LogP contribution >= 0.6 is 11.6 Å². The van der Waals surface area contributed by atoms with Crippen LogP contribution in [0.1, 0.15) is 50.7 Å². The van der Waals surface area contributed by atoms with E-state index in [0.717, 1.165) is 11.1 Å². The fourth-order valence-corrected chi connectivity index (χ4v) is 3.49. The molecule has 0 saturated carbocycles. The molecule has 1 N–H and O–H groups in total. The number of hydrogen-bond acceptors (Lipinski definition) is 4. The van der Waals surface area contributed by atoms with Crippen molar-refractivity contribution >= 4 is 28.6 Å². The largest absolute Gasteiger partial charge is 0.444 e. The van der Waals surface area contributed by atoms with Gasteiger partial charge in [0.2, 0.25) is 0 Å². The van der Waals surface area contributed by atoms with Gasteiger partial charge in [-0.05, 0) is 70.9 Å². The number of aromatic nitrogens is 2. The molecule has 6 nitrogen and oxygen atoms in total. The number of fused-ring (bicyclic) bond motifs is 1. The number of amides is 1. The first kappa shape index (κ1) is 21.8. The average Bonchev–Trinajstić information content (AvgIpc) is 2.62. The maximum absolute atomic E-state index is 13.5. The van der Waals surface area contributed by atoms with Crippen LogP contribution in [-0.4, -0.2) is 21.2 Å². The summed E-state index contributed by atoms with van der Waals surface area (Å²) in [5.74, 6) is 0.398. The Kier molecular flexibility index (Phi) is 5.90. The van der Waals surface area contributed by atoms with Crippen molar-refractivity contribution in [2.24, 2.45) is 0 Å². The molecule has 0 aliphatic heterocycles. The first-order valence-corrected chi connectivity index (χ1v) is 10.1. The van der Waals surface area contributed by atoms with Gasteiger partial charge < -0.3 is 10.1 Å². The smallest absolute Gasteiger partial charge is 0.408 e. The lowest BCUT2D eigenvalue weighted by atomic mass is 10.1. The van der Waals surface area contributed by atoms with Gasteiger partial charge in [0.25, 0.3) is 5.56 Å². The summed E-state index contributed by atoms with van der Waals surface area (Å²) in [6.45, 7) is 11.0. The predicted octanol–water partition coefficient (Wildman–Crippen LogP) is 5.24. The van der Waals surface area contributed by atoms with Gasteiger partial charge in [-0.3, -0.25) is 9.36 Å². The second kappa shape index (κ2) is 8.11. The summed E-state index contributed by atoms with van der Waals surface area (Å²) >= 11 is 6.34. The zero-order valence-electron chi connectivity index (χ0n) is 18.0. The molecule has 0 fully saturated rings. The second-order valence-corrected chi connectivity index (χ2v) is 8.81. The van der Waals surface area contributed by atoms with Crippen molar-refractivity contribution in [2.75, 3.05) is 0 Å². The lowest BCUT2D eigenvalue weighted by Gasteiger charge is -2.24. The first-order chi connectivity index (χ1) is 14.0. The number of hydrogen-bond donors (Lipinski definition) is 1. The fourth-order valence-electron chi connectivity index (χ4n) is 3.24. The summed E-state index contributed by atoms with van der Waals surface area (Å²) < 4.78 is 6.90. The van der Waals surface area contributed by atoms with Crippen molar-refractivity contribution in [1.29, 1.82) is 0 Å². The third-order valence-electron chi connectivity index (χ3n) is 4.60. The highest BCUT2D eigenvalue weighted by Crippen LogP contribution is 2.25. The van der Waals surface area contributed by atoms with Crippen LogP contribution in [0.5, 0.6) is 0 Å². The molecule has 0 unspecified atom stereocenters. The number of carbonyl (C=O) groups is 1. The minimum Gasteiger partial charge on any atom is -0.444 e. The van der Waals surface area contributed by atoms with Crippen molar-refractivity contribution in [3.63, 3.8) is 0 Å². The van der Waals surface area contributed by atoms with Gasteiger partial charge in [0, 0.05) is 0 Å². The molecule has 1 aromatic heterocycles. The summed E-state index contributed by atoms with van der Waals surface area (Å²) in [4.78, 5) is 30.6. The molecule has 2 aromatic carbocycles. The quantitative estimate of drug-likeness (QED) is 0.620. The van der Waals surface area contributed by atoms with Gasteiger partial charge in [0.1, 0.15) is 11.4 Å². The van der Waals surface area contributed by atoms with Crippen molar-refractivity contribution in [2.45, 2.75) is 53.2 Å². The topological polar surface area (TPSA) is 73.2 Å². The molecule has 3 rings (SSSR count). The lowest BCUT2D eigenvalue weighted by molar-refractivity contribution is 0.0505. The van der Waals surface area contributed by atoms with E-state index < -0.39 is 17.7 Å². The second-order valence-electron chi connectivity index (χ2n) is 8.40. The van der Waals surface area contributed by atoms with Crippen LogP contribution in [0.25, 0.3) is 16.6 Å². The van der Waals surface area contributed by atoms with Gasteiger partial charge >= 0.3 is 6.09 Å². The number of alkyl carbamates (subject to hydrolysis) is 1. The number of nitrogens with zero attached hydrogens (tertiary/aromatic N) is 2. The molecule has 1 amide bonds. The van der Waals surface area contributed by atoms with E-state index in [4.69, 9.17) is 21.3 Å². The molecule has 3 aromatic rings. The molecule has 158 valence electrons. The Balaban J connectivity index is 2.23. The molecular weight excluding hydrogens is 402 g/mol. The Morgan fingerprint density at radius 3 is 2.57 bits per heavy atom. The number of rotatable bonds is 3. The van der Waals surface area contributed by atoms with Crippen molar-refractivity contribution in [3.8, 4) is 5.69 Å². The molecule has 0 radical (unpaired) electrons. The zero-order valence-corrected chi connectivity index (χ0v) is 18.8. The SMILES string of the molecule is Cc1ccc(C)c(-n2c([C@H](C)NC(=O)OC(C)(C)C)nc3cccc(Cl)c3c2=O)c1. The highest BCUT2D eigenvalue weighted by molar-refractivity contribution is 6.35. The van der Waals surface area contributed by atoms with Crippen LogP contribution in [0.15, 0.2) is 41.2 Å². The van der Waals surface area contributed by atoms with Gasteiger partial charge in [0.05, 0.1) is 27.7 Å². The molecule has 0 aliphatic rings. The van der Waals surface area contributed by atoms with E-state index in [9.17, 15) is 9.59 Å². The number of benzene rings is 2. The average molecular weight is 428 g/mol. The van der Waals surface area contributed by atoms with E-state index in [1.165, 1.54) is 4.57 Å². The Morgan fingerprint density at radius 2 is 1.90 bits per heavy atom. The molecule has 7 heteroatoms. The first-order valence-electron chi connectivity index (χ1n) is 9.76. The minimum absolute atomic E-state index is 0.285. The molecule has 0 aliphatic carbocycles. The van der Waals surface area contributed by atoms with E-state index in [2.05, 4.69) is 5.32 Å². The molecule has 0 saturated heterocycles. The maximum Gasteiger partial charge on any atom is 0.408 e. The minimum atomic E-state index is -0.638. The highest BCUT2D eigenvalue weighted by atomic mass is 35.5. The van der Waals surface area contributed by atoms with Crippen molar-refractivity contribution in [3.05, 3.63) is 68.7 Å². The lowest BCUT2D eigenvalue weighted by Crippen LogP contribution is -2.37. The maximum atomic E-state index is 13.5. The van der Waals surface area contributed by atoms with Crippen LogP contribution in [0, 0.1) is 13.8 Å². The highest BCUT2D eigenvalue weighted by Gasteiger charge is 2.24. The summed E-state index contributed by atoms with van der Waals surface area (Å²) in [5.41, 5.74) is 2.15. The van der Waals surface area contributed by atoms with Crippen molar-refractivity contribution < 1.29 is 9.53 Å². The normalized spacial score (nSPS) is 12.6. The predicted molar refractivity (Wildman–Crippen MR) is 120 cm³/mol. The van der Waals surface area contributed by atoms with Crippen LogP contribution in [-0.2, 0) is 4.74 Å². The van der Waals surface area contributed by atoms with Crippen LogP contribution in [0.3, 0.4) is 0 Å². The fraction of sp³-hybridized carbons (Fsp3) is 0.348. The van der Waals surface area contributed by atoms with Gasteiger partial charge in [-0.1, -0.05) is 29.8 Å². The van der Waals surface area contributed by atoms with Crippen LogP contribution in [0.4, 0.5) is 4.79 Å². The van der Waals surface area contributed by atoms with E-state index >= 15 is 0 Å².